The molecule has 2 N–H and O–H groups in total. The summed E-state index contributed by atoms with van der Waals surface area (Å²) in [5.41, 5.74) is 1.57. The highest BCUT2D eigenvalue weighted by Crippen LogP contribution is 2.21. The molecule has 3 rings (SSSR count). The van der Waals surface area contributed by atoms with Gasteiger partial charge in [-0.3, -0.25) is 10.1 Å². The van der Waals surface area contributed by atoms with Crippen LogP contribution >= 0.6 is 0 Å². The van der Waals surface area contributed by atoms with Gasteiger partial charge in [0, 0.05) is 0 Å². The first kappa shape index (κ1) is 9.17. The molecule has 0 aromatic heterocycles. The molecule has 0 spiro atoms. The number of amides is 3. The lowest BCUT2D eigenvalue weighted by Crippen LogP contribution is -2.52. The highest BCUT2D eigenvalue weighted by molar-refractivity contribution is 6.69. The van der Waals surface area contributed by atoms with Crippen molar-refractivity contribution >= 4 is 30.5 Å². The summed E-state index contributed by atoms with van der Waals surface area (Å²) >= 11 is 0. The van der Waals surface area contributed by atoms with Gasteiger partial charge in [0.1, 0.15) is 5.70 Å². The van der Waals surface area contributed by atoms with E-state index in [-0.39, 0.29) is 5.70 Å². The van der Waals surface area contributed by atoms with Gasteiger partial charge in [-0.25, -0.2) is 4.79 Å². The molecule has 0 radical (unpaired) electrons. The summed E-state index contributed by atoms with van der Waals surface area (Å²) in [6.45, 7) is 0. The minimum Gasteiger partial charge on any atom is -0.428 e. The third-order valence-electron chi connectivity index (χ3n) is 2.74. The molecule has 16 heavy (non-hydrogen) atoms. The second kappa shape index (κ2) is 2.96. The molecule has 78 valence electrons. The van der Waals surface area contributed by atoms with Crippen molar-refractivity contribution in [1.82, 2.24) is 10.1 Å². The summed E-state index contributed by atoms with van der Waals surface area (Å²) < 4.78 is 0. The molecule has 0 atom stereocenters. The Morgan fingerprint density at radius 3 is 2.81 bits per heavy atom. The molecule has 0 aliphatic carbocycles. The van der Waals surface area contributed by atoms with E-state index in [9.17, 15) is 14.6 Å². The van der Waals surface area contributed by atoms with E-state index in [1.54, 1.807) is 24.3 Å². The number of hydrogen-bond donors (Lipinski definition) is 2. The van der Waals surface area contributed by atoms with Gasteiger partial charge in [0.15, 0.2) is 0 Å². The van der Waals surface area contributed by atoms with E-state index < -0.39 is 19.0 Å². The number of imide groups is 1. The maximum atomic E-state index is 11.4. The predicted molar refractivity (Wildman–Crippen MR) is 57.4 cm³/mol. The fourth-order valence-electron chi connectivity index (χ4n) is 1.98. The van der Waals surface area contributed by atoms with E-state index in [1.807, 2.05) is 6.07 Å². The third kappa shape index (κ3) is 1.04. The molecule has 2 heterocycles. The van der Waals surface area contributed by atoms with Crippen LogP contribution in [0.4, 0.5) is 4.79 Å². The molecule has 1 aromatic carbocycles. The van der Waals surface area contributed by atoms with Crippen LogP contribution in [0.15, 0.2) is 30.0 Å². The molecule has 1 saturated heterocycles. The van der Waals surface area contributed by atoms with Gasteiger partial charge in [-0.05, 0) is 17.1 Å². The van der Waals surface area contributed by atoms with E-state index in [1.165, 1.54) is 0 Å². The summed E-state index contributed by atoms with van der Waals surface area (Å²) in [6, 6.07) is 6.52. The Hall–Kier alpha value is -2.08. The van der Waals surface area contributed by atoms with Crippen LogP contribution in [0.2, 0.25) is 0 Å². The first-order valence-electron chi connectivity index (χ1n) is 4.82. The zero-order valence-electron chi connectivity index (χ0n) is 8.18. The van der Waals surface area contributed by atoms with Gasteiger partial charge in [-0.15, -0.1) is 0 Å². The van der Waals surface area contributed by atoms with Crippen molar-refractivity contribution in [3.8, 4) is 0 Å². The topological polar surface area (TPSA) is 69.6 Å². The highest BCUT2D eigenvalue weighted by Gasteiger charge is 2.44. The SMILES string of the molecule is O=C1NC(=O)N2B(O)c3ccccc3C=C12. The number of rotatable bonds is 0. The molecule has 0 bridgehead atoms. The van der Waals surface area contributed by atoms with Crippen LogP contribution in [0.25, 0.3) is 6.08 Å². The van der Waals surface area contributed by atoms with E-state index in [0.29, 0.717) is 5.46 Å². The van der Waals surface area contributed by atoms with Crippen LogP contribution in [0, 0.1) is 0 Å². The fourth-order valence-corrected chi connectivity index (χ4v) is 1.98. The molecule has 0 saturated carbocycles. The van der Waals surface area contributed by atoms with Gasteiger partial charge in [0.05, 0.1) is 0 Å². The Morgan fingerprint density at radius 1 is 1.25 bits per heavy atom. The van der Waals surface area contributed by atoms with Gasteiger partial charge in [0.25, 0.3) is 5.91 Å². The van der Waals surface area contributed by atoms with Gasteiger partial charge in [-0.1, -0.05) is 24.3 Å². The van der Waals surface area contributed by atoms with Crippen molar-refractivity contribution in [2.45, 2.75) is 0 Å². The smallest absolute Gasteiger partial charge is 0.428 e. The van der Waals surface area contributed by atoms with Crippen LogP contribution in [-0.2, 0) is 4.79 Å². The first-order chi connectivity index (χ1) is 7.68. The Labute approximate surface area is 91.5 Å². The van der Waals surface area contributed by atoms with Crippen molar-refractivity contribution in [3.63, 3.8) is 0 Å². The van der Waals surface area contributed by atoms with E-state index in [2.05, 4.69) is 5.32 Å². The van der Waals surface area contributed by atoms with Gasteiger partial charge < -0.3 is 9.83 Å². The summed E-state index contributed by atoms with van der Waals surface area (Å²) in [7, 11) is -1.09. The molecular formula is C10H7BN2O3. The van der Waals surface area contributed by atoms with Crippen molar-refractivity contribution in [2.75, 3.05) is 0 Å². The van der Waals surface area contributed by atoms with Crippen LogP contribution in [-0.4, -0.2) is 28.8 Å². The second-order valence-electron chi connectivity index (χ2n) is 3.66. The molecule has 1 aromatic rings. The van der Waals surface area contributed by atoms with Crippen molar-refractivity contribution in [3.05, 3.63) is 35.5 Å². The largest absolute Gasteiger partial charge is 0.458 e. The van der Waals surface area contributed by atoms with E-state index >= 15 is 0 Å². The van der Waals surface area contributed by atoms with Crippen molar-refractivity contribution in [2.24, 2.45) is 0 Å². The van der Waals surface area contributed by atoms with Crippen LogP contribution in [0.5, 0.6) is 0 Å². The van der Waals surface area contributed by atoms with Gasteiger partial charge in [0.2, 0.25) is 0 Å². The number of carbonyl (C=O) groups excluding carboxylic acids is 2. The Kier molecular flexibility index (Phi) is 1.70. The molecule has 0 unspecified atom stereocenters. The lowest BCUT2D eigenvalue weighted by molar-refractivity contribution is -0.115. The summed E-state index contributed by atoms with van der Waals surface area (Å²) in [4.78, 5) is 23.9. The minimum absolute atomic E-state index is 0.191. The normalized spacial score (nSPS) is 17.9. The summed E-state index contributed by atoms with van der Waals surface area (Å²) in [5.74, 6) is -0.474. The molecule has 2 aliphatic rings. The zero-order chi connectivity index (χ0) is 11.3. The van der Waals surface area contributed by atoms with E-state index in [0.717, 1.165) is 10.4 Å². The second-order valence-corrected chi connectivity index (χ2v) is 3.66. The third-order valence-corrected chi connectivity index (χ3v) is 2.74. The molecule has 3 amide bonds. The lowest BCUT2D eigenvalue weighted by atomic mass is 9.67. The highest BCUT2D eigenvalue weighted by atomic mass is 16.2. The van der Waals surface area contributed by atoms with Crippen LogP contribution in [0.3, 0.4) is 0 Å². The number of nitrogens with one attached hydrogen (secondary N) is 1. The van der Waals surface area contributed by atoms with Gasteiger partial charge >= 0.3 is 13.1 Å². The van der Waals surface area contributed by atoms with Gasteiger partial charge in [-0.2, -0.15) is 0 Å². The fraction of sp³-hybridized carbons (Fsp3) is 0. The Bertz CT molecular complexity index is 541. The van der Waals surface area contributed by atoms with Crippen LogP contribution in [0.1, 0.15) is 5.56 Å². The quantitative estimate of drug-likeness (QED) is 0.442. The first-order valence-corrected chi connectivity index (χ1v) is 4.82. The number of fused-ring (bicyclic) bond motifs is 2. The zero-order valence-corrected chi connectivity index (χ0v) is 8.18. The van der Waals surface area contributed by atoms with E-state index in [4.69, 9.17) is 0 Å². The lowest BCUT2D eigenvalue weighted by Gasteiger charge is -2.24. The van der Waals surface area contributed by atoms with Crippen LogP contribution < -0.4 is 10.8 Å². The number of hydrogen-bond acceptors (Lipinski definition) is 3. The Balaban J connectivity index is 2.22. The molecule has 1 fully saturated rings. The summed E-state index contributed by atoms with van der Waals surface area (Å²) in [5, 5.41) is 12.1. The molecule has 6 heteroatoms. The molecule has 5 nitrogen and oxygen atoms in total. The number of urea groups is 1. The average Bonchev–Trinajstić information content (AvgIpc) is 2.55. The average molecular weight is 214 g/mol. The minimum atomic E-state index is -1.09. The maximum absolute atomic E-state index is 11.4. The molecule has 2 aliphatic heterocycles. The van der Waals surface area contributed by atoms with Crippen molar-refractivity contribution in [1.29, 1.82) is 0 Å². The Morgan fingerprint density at radius 2 is 2.00 bits per heavy atom. The predicted octanol–water partition coefficient (Wildman–Crippen LogP) is -0.720. The molecular weight excluding hydrogens is 207 g/mol. The number of benzene rings is 1. The summed E-state index contributed by atoms with van der Waals surface area (Å²) in [6.07, 6.45) is 1.60. The number of carbonyl (C=O) groups is 2. The number of nitrogens with zero attached hydrogens (tertiary/aromatic N) is 1. The standard InChI is InChI=1S/C10H7BN2O3/c14-9-8-5-6-3-1-2-4-7(6)11(16)13(8)10(15)12-9/h1-5,16H,(H,12,14,15). The maximum Gasteiger partial charge on any atom is 0.458 e. The monoisotopic (exact) mass is 214 g/mol. The van der Waals surface area contributed by atoms with Crippen molar-refractivity contribution < 1.29 is 14.6 Å².